The lowest BCUT2D eigenvalue weighted by molar-refractivity contribution is 0.575. The Morgan fingerprint density at radius 2 is 0.673 bits per heavy atom. The minimum Gasteiger partial charge on any atom is -0.464 e. The van der Waals surface area contributed by atoms with E-state index in [1.165, 1.54) is 118 Å². The van der Waals surface area contributed by atoms with Crippen LogP contribution < -0.4 is 0 Å². The summed E-state index contributed by atoms with van der Waals surface area (Å²) in [4.78, 5) is 0. The van der Waals surface area contributed by atoms with Crippen molar-refractivity contribution in [2.24, 2.45) is 0 Å². The minimum atomic E-state index is 0.956. The number of benzene rings is 12. The molecule has 516 valence electrons. The lowest BCUT2D eigenvalue weighted by atomic mass is 10.2. The van der Waals surface area contributed by atoms with E-state index in [9.17, 15) is 0 Å². The fourth-order valence-electron chi connectivity index (χ4n) is 13.5. The smallest absolute Gasteiger partial charge is 0.134 e. The first-order valence-electron chi connectivity index (χ1n) is 35.6. The Bertz CT molecular complexity index is 5640. The van der Waals surface area contributed by atoms with Crippen molar-refractivity contribution in [3.05, 3.63) is 361 Å². The zero-order valence-corrected chi connectivity index (χ0v) is 61.8. The molecule has 21 rings (SSSR count). The minimum absolute atomic E-state index is 0.956. The molecule has 9 heteroatoms. The van der Waals surface area contributed by atoms with Gasteiger partial charge in [-0.25, -0.2) is 0 Å². The summed E-state index contributed by atoms with van der Waals surface area (Å²) < 4.78 is 31.1. The largest absolute Gasteiger partial charge is 0.464 e. The molecule has 0 atom stereocenters. The topological polar surface area (TPSA) is 67.3 Å². The molecule has 21 aromatic rings. The third-order valence-corrected chi connectivity index (χ3v) is 20.7. The first kappa shape index (κ1) is 70.6. The van der Waals surface area contributed by atoms with Gasteiger partial charge in [-0.05, 0) is 185 Å². The van der Waals surface area contributed by atoms with Crippen LogP contribution >= 0.6 is 22.7 Å². The van der Waals surface area contributed by atoms with E-state index in [-0.39, 0.29) is 0 Å². The van der Waals surface area contributed by atoms with Gasteiger partial charge in [-0.1, -0.05) is 218 Å². The Hall–Kier alpha value is -11.9. The molecule has 0 saturated carbocycles. The van der Waals surface area contributed by atoms with Crippen molar-refractivity contribution in [2.45, 2.75) is 75.0 Å². The van der Waals surface area contributed by atoms with Gasteiger partial charge >= 0.3 is 0 Å². The summed E-state index contributed by atoms with van der Waals surface area (Å²) in [6, 6.07) is 107. The van der Waals surface area contributed by atoms with Crippen molar-refractivity contribution in [3.63, 3.8) is 0 Å². The Balaban J connectivity index is 0.000000105. The van der Waals surface area contributed by atoms with Crippen molar-refractivity contribution in [2.75, 3.05) is 0 Å². The molecule has 9 aromatic heterocycles. The van der Waals surface area contributed by atoms with Crippen LogP contribution in [0, 0.1) is 34.6 Å². The van der Waals surface area contributed by atoms with Crippen LogP contribution in [-0.4, -0.2) is 13.7 Å². The summed E-state index contributed by atoms with van der Waals surface area (Å²) in [6.45, 7) is 19.9. The van der Waals surface area contributed by atoms with Crippen LogP contribution in [-0.2, 0) is 19.6 Å². The molecule has 0 bridgehead atoms. The standard InChI is InChI=1S/3C14H13N.C10H10O.2C9H8O.C9H8S.C8H6O.C8H6S/c3*1-2-15-13-9-5-3-7-11(13)12-8-4-6-10-14(12)15;1-7-8(2)11-10-6-4-3-5-9(7)10;1-7-6-10-9-5-3-2-4-8(7)9;1-7-6-8-4-2-3-5-9(8)10-7;1-7-6-10-9-5-3-2-4-8(7)9;2*1-2-4-8-7(3-1)5-6-9-8/h3*3-10H,2H2,1H3;3-6H,1-2H3;3*2-6H,1H3;2*1-6H. The summed E-state index contributed by atoms with van der Waals surface area (Å²) in [5.41, 5.74) is 15.7. The summed E-state index contributed by atoms with van der Waals surface area (Å²) in [7, 11) is 0. The predicted molar refractivity (Wildman–Crippen MR) is 448 cm³/mol. The molecule has 0 fully saturated rings. The van der Waals surface area contributed by atoms with Crippen LogP contribution in [0.5, 0.6) is 0 Å². The molecule has 12 aromatic carbocycles. The molecule has 7 nitrogen and oxygen atoms in total. The van der Waals surface area contributed by atoms with Gasteiger partial charge in [-0.15, -0.1) is 22.7 Å². The fraction of sp³-hybridized carbons (Fsp3) is 0.116. The first-order valence-corrected chi connectivity index (χ1v) is 37.3. The number of thiophene rings is 2. The lowest BCUT2D eigenvalue weighted by Crippen LogP contribution is -1.91. The number of hydrogen-bond donors (Lipinski definition) is 0. The van der Waals surface area contributed by atoms with Gasteiger partial charge in [0.05, 0.1) is 12.5 Å². The van der Waals surface area contributed by atoms with E-state index in [2.05, 4.69) is 271 Å². The molecule has 0 amide bonds. The highest BCUT2D eigenvalue weighted by Crippen LogP contribution is 2.32. The maximum Gasteiger partial charge on any atom is 0.134 e. The number of aryl methyl sites for hydroxylation is 8. The van der Waals surface area contributed by atoms with Crippen molar-refractivity contribution in [1.82, 2.24) is 13.7 Å². The molecule has 0 saturated heterocycles. The second-order valence-electron chi connectivity index (χ2n) is 25.3. The quantitative estimate of drug-likeness (QED) is 0.177. The van der Waals surface area contributed by atoms with E-state index in [4.69, 9.17) is 17.7 Å². The Labute approximate surface area is 615 Å². The second-order valence-corrected chi connectivity index (χ2v) is 27.1. The monoisotopic (exact) mass is 1400 g/mol. The molecule has 0 radical (unpaired) electrons. The summed E-state index contributed by atoms with van der Waals surface area (Å²) in [5, 5.41) is 20.0. The molecule has 0 aliphatic rings. The Morgan fingerprint density at radius 1 is 0.288 bits per heavy atom. The second kappa shape index (κ2) is 33.7. The van der Waals surface area contributed by atoms with Crippen molar-refractivity contribution >= 4 is 152 Å². The highest BCUT2D eigenvalue weighted by atomic mass is 32.1. The third-order valence-electron chi connectivity index (χ3n) is 18.7. The SMILES string of the molecule is CCn1c2ccccc2c2ccccc21.CCn1c2ccccc2c2ccccc21.CCn1c2ccccc2c2ccccc21.Cc1cc2ccccc2o1.Cc1coc2ccccc12.Cc1csc2ccccc12.Cc1oc2ccccc2c1C.c1ccc2occc2c1.c1ccc2sccc2c1. The Morgan fingerprint density at radius 3 is 1.12 bits per heavy atom. The van der Waals surface area contributed by atoms with E-state index in [0.29, 0.717) is 0 Å². The lowest BCUT2D eigenvalue weighted by Gasteiger charge is -2.01. The number of aromatic nitrogens is 3. The van der Waals surface area contributed by atoms with Crippen LogP contribution in [0.4, 0.5) is 0 Å². The molecule has 0 aliphatic heterocycles. The van der Waals surface area contributed by atoms with Crippen LogP contribution in [0.3, 0.4) is 0 Å². The molecular formula is C95H85N3O4S2. The maximum absolute atomic E-state index is 5.50. The fourth-order valence-corrected chi connectivity index (χ4v) is 15.2. The summed E-state index contributed by atoms with van der Waals surface area (Å²) >= 11 is 3.60. The van der Waals surface area contributed by atoms with E-state index in [0.717, 1.165) is 58.9 Å². The van der Waals surface area contributed by atoms with Crippen molar-refractivity contribution < 1.29 is 17.7 Å². The summed E-state index contributed by atoms with van der Waals surface area (Å²) in [5.74, 6) is 1.99. The van der Waals surface area contributed by atoms with Crippen molar-refractivity contribution in [3.8, 4) is 0 Å². The first-order chi connectivity index (χ1) is 51.1. The average Bonchev–Trinajstić information content (AvgIpc) is 1.63. The van der Waals surface area contributed by atoms with Gasteiger partial charge < -0.3 is 31.4 Å². The number of nitrogens with zero attached hydrogens (tertiary/aromatic N) is 3. The van der Waals surface area contributed by atoms with E-state index >= 15 is 0 Å². The molecule has 9 heterocycles. The van der Waals surface area contributed by atoms with Crippen LogP contribution in [0.15, 0.2) is 350 Å². The average molecular weight is 1400 g/mol. The van der Waals surface area contributed by atoms with Gasteiger partial charge in [0.15, 0.2) is 0 Å². The zero-order chi connectivity index (χ0) is 71.7. The normalized spacial score (nSPS) is 10.8. The third kappa shape index (κ3) is 15.9. The van der Waals surface area contributed by atoms with Crippen molar-refractivity contribution in [1.29, 1.82) is 0 Å². The van der Waals surface area contributed by atoms with Gasteiger partial charge in [-0.3, -0.25) is 0 Å². The van der Waals surface area contributed by atoms with Crippen LogP contribution in [0.2, 0.25) is 0 Å². The molecule has 0 N–H and O–H groups in total. The summed E-state index contributed by atoms with van der Waals surface area (Å²) in [6.07, 6.45) is 3.48. The highest BCUT2D eigenvalue weighted by Gasteiger charge is 2.11. The molecule has 0 spiro atoms. The molecule has 0 aliphatic carbocycles. The van der Waals surface area contributed by atoms with Gasteiger partial charge in [-0.2, -0.15) is 0 Å². The molecule has 104 heavy (non-hydrogen) atoms. The van der Waals surface area contributed by atoms with E-state index < -0.39 is 0 Å². The van der Waals surface area contributed by atoms with Gasteiger partial charge in [0.2, 0.25) is 0 Å². The maximum atomic E-state index is 5.50. The van der Waals surface area contributed by atoms with Gasteiger partial charge in [0.1, 0.15) is 33.9 Å². The van der Waals surface area contributed by atoms with Crippen LogP contribution in [0.25, 0.3) is 129 Å². The number of furan rings is 4. The molecular weight excluding hydrogens is 1310 g/mol. The van der Waals surface area contributed by atoms with Gasteiger partial charge in [0, 0.05) is 116 Å². The molecule has 0 unspecified atom stereocenters. The number of fused-ring (bicyclic) bond motifs is 15. The highest BCUT2D eigenvalue weighted by molar-refractivity contribution is 7.17. The van der Waals surface area contributed by atoms with E-state index in [1.54, 1.807) is 23.9 Å². The number of rotatable bonds is 3. The predicted octanol–water partition coefficient (Wildman–Crippen LogP) is 28.5. The number of hydrogen-bond acceptors (Lipinski definition) is 6. The van der Waals surface area contributed by atoms with Crippen LogP contribution in [0.1, 0.15) is 49.0 Å². The van der Waals surface area contributed by atoms with Gasteiger partial charge in [0.25, 0.3) is 0 Å². The number of para-hydroxylation sites is 10. The van der Waals surface area contributed by atoms with E-state index in [1.807, 2.05) is 129 Å². The Kier molecular flexibility index (Phi) is 22.9. The zero-order valence-electron chi connectivity index (χ0n) is 60.2.